The number of aromatic nitrogens is 5. The molecule has 2 aliphatic heterocycles. The van der Waals surface area contributed by atoms with Crippen LogP contribution in [0.25, 0.3) is 5.82 Å². The molecule has 33 heavy (non-hydrogen) atoms. The fourth-order valence-electron chi connectivity index (χ4n) is 4.37. The summed E-state index contributed by atoms with van der Waals surface area (Å²) in [5.74, 6) is 1.14. The topological polar surface area (TPSA) is 100 Å². The maximum absolute atomic E-state index is 13.1. The number of carbonyl (C=O) groups excluding carboxylic acids is 2. The van der Waals surface area contributed by atoms with E-state index in [0.29, 0.717) is 38.5 Å². The summed E-state index contributed by atoms with van der Waals surface area (Å²) >= 11 is 0. The molecule has 10 heteroatoms. The van der Waals surface area contributed by atoms with Crippen LogP contribution in [0.1, 0.15) is 17.5 Å². The minimum Gasteiger partial charge on any atom is -0.352 e. The van der Waals surface area contributed by atoms with E-state index in [1.807, 2.05) is 49.1 Å². The molecule has 1 atom stereocenters. The Morgan fingerprint density at radius 1 is 0.970 bits per heavy atom. The van der Waals surface area contributed by atoms with Gasteiger partial charge < -0.3 is 14.7 Å². The molecule has 170 valence electrons. The highest BCUT2D eigenvalue weighted by Gasteiger charge is 2.38. The van der Waals surface area contributed by atoms with Crippen LogP contribution in [-0.4, -0.2) is 74.4 Å². The van der Waals surface area contributed by atoms with Gasteiger partial charge in [0.15, 0.2) is 11.6 Å². The van der Waals surface area contributed by atoms with Crippen molar-refractivity contribution in [3.05, 3.63) is 54.1 Å². The highest BCUT2D eigenvalue weighted by molar-refractivity contribution is 6.00. The minimum absolute atomic E-state index is 0.0120. The van der Waals surface area contributed by atoms with E-state index in [-0.39, 0.29) is 24.2 Å². The molecule has 2 saturated heterocycles. The molecule has 4 heterocycles. The van der Waals surface area contributed by atoms with E-state index in [4.69, 9.17) is 0 Å². The molecule has 2 aliphatic rings. The van der Waals surface area contributed by atoms with Crippen molar-refractivity contribution >= 4 is 23.3 Å². The Morgan fingerprint density at radius 2 is 1.73 bits per heavy atom. The molecule has 2 fully saturated rings. The molecule has 2 aromatic heterocycles. The fourth-order valence-corrected chi connectivity index (χ4v) is 4.37. The van der Waals surface area contributed by atoms with Crippen LogP contribution >= 0.6 is 0 Å². The van der Waals surface area contributed by atoms with Crippen molar-refractivity contribution < 1.29 is 9.59 Å². The number of nitrogens with zero attached hydrogens (tertiary/aromatic N) is 8. The largest absolute Gasteiger partial charge is 0.352 e. The van der Waals surface area contributed by atoms with Gasteiger partial charge in [-0.05, 0) is 49.2 Å². The average molecular weight is 447 g/mol. The van der Waals surface area contributed by atoms with Crippen LogP contribution in [0.4, 0.5) is 11.5 Å². The normalized spacial score (nSPS) is 18.8. The van der Waals surface area contributed by atoms with Gasteiger partial charge in [-0.15, -0.1) is 10.2 Å². The minimum atomic E-state index is -0.299. The highest BCUT2D eigenvalue weighted by Crippen LogP contribution is 2.28. The van der Waals surface area contributed by atoms with Crippen LogP contribution in [0.3, 0.4) is 0 Å². The Bertz CT molecular complexity index is 1150. The Kier molecular flexibility index (Phi) is 5.49. The monoisotopic (exact) mass is 446 g/mol. The molecule has 0 aliphatic carbocycles. The molecular formula is C23H26N8O2. The lowest BCUT2D eigenvalue weighted by Crippen LogP contribution is -2.51. The summed E-state index contributed by atoms with van der Waals surface area (Å²) in [4.78, 5) is 35.4. The first-order chi connectivity index (χ1) is 16.0. The lowest BCUT2D eigenvalue weighted by molar-refractivity contribution is -0.136. The maximum Gasteiger partial charge on any atom is 0.228 e. The van der Waals surface area contributed by atoms with Crippen molar-refractivity contribution in [2.75, 3.05) is 42.5 Å². The van der Waals surface area contributed by atoms with Crippen LogP contribution in [0.15, 0.2) is 43.0 Å². The number of rotatable bonds is 4. The quantitative estimate of drug-likeness (QED) is 0.597. The predicted molar refractivity (Wildman–Crippen MR) is 122 cm³/mol. The molecule has 5 rings (SSSR count). The molecule has 3 aromatic rings. The molecule has 0 unspecified atom stereocenters. The average Bonchev–Trinajstić information content (AvgIpc) is 3.51. The molecule has 0 bridgehead atoms. The van der Waals surface area contributed by atoms with Crippen LogP contribution in [-0.2, 0) is 9.59 Å². The summed E-state index contributed by atoms with van der Waals surface area (Å²) < 4.78 is 1.55. The zero-order chi connectivity index (χ0) is 22.9. The van der Waals surface area contributed by atoms with E-state index in [1.54, 1.807) is 15.9 Å². The summed E-state index contributed by atoms with van der Waals surface area (Å²) in [6.07, 6.45) is 3.29. The van der Waals surface area contributed by atoms with Gasteiger partial charge in [-0.3, -0.25) is 9.59 Å². The number of amides is 2. The van der Waals surface area contributed by atoms with Crippen molar-refractivity contribution in [2.24, 2.45) is 5.92 Å². The first kappa shape index (κ1) is 21.0. The van der Waals surface area contributed by atoms with Crippen LogP contribution in [0.2, 0.25) is 0 Å². The molecule has 0 saturated carbocycles. The summed E-state index contributed by atoms with van der Waals surface area (Å²) in [5.41, 5.74) is 3.20. The van der Waals surface area contributed by atoms with Gasteiger partial charge in [-0.1, -0.05) is 6.07 Å². The first-order valence-corrected chi connectivity index (χ1v) is 11.1. The SMILES string of the molecule is Cc1ccc(N2C[C@@H](C(=O)N3CCN(c4ccc(-n5cncn5)nn4)CC3)CC2=O)cc1C. The van der Waals surface area contributed by atoms with Crippen LogP contribution < -0.4 is 9.80 Å². The number of anilines is 2. The van der Waals surface area contributed by atoms with Crippen molar-refractivity contribution in [3.63, 3.8) is 0 Å². The maximum atomic E-state index is 13.1. The number of benzene rings is 1. The van der Waals surface area contributed by atoms with E-state index >= 15 is 0 Å². The molecule has 2 amide bonds. The van der Waals surface area contributed by atoms with Crippen molar-refractivity contribution in [2.45, 2.75) is 20.3 Å². The number of hydrogen-bond acceptors (Lipinski definition) is 7. The summed E-state index contributed by atoms with van der Waals surface area (Å²) in [5, 5.41) is 12.6. The van der Waals surface area contributed by atoms with Gasteiger partial charge in [-0.25, -0.2) is 9.67 Å². The summed E-state index contributed by atoms with van der Waals surface area (Å²) in [6, 6.07) is 9.75. The number of hydrogen-bond donors (Lipinski definition) is 0. The second-order valence-electron chi connectivity index (χ2n) is 8.58. The summed E-state index contributed by atoms with van der Waals surface area (Å²) in [6.45, 7) is 7.06. The van der Waals surface area contributed by atoms with Crippen molar-refractivity contribution in [3.8, 4) is 5.82 Å². The van der Waals surface area contributed by atoms with Gasteiger partial charge in [0, 0.05) is 44.8 Å². The van der Waals surface area contributed by atoms with Crippen molar-refractivity contribution in [1.82, 2.24) is 29.9 Å². The van der Waals surface area contributed by atoms with Crippen molar-refractivity contribution in [1.29, 1.82) is 0 Å². The zero-order valence-electron chi connectivity index (χ0n) is 18.8. The third-order valence-corrected chi connectivity index (χ3v) is 6.48. The smallest absolute Gasteiger partial charge is 0.228 e. The molecule has 1 aromatic carbocycles. The molecule has 10 nitrogen and oxygen atoms in total. The molecule has 0 spiro atoms. The lowest BCUT2D eigenvalue weighted by Gasteiger charge is -2.36. The second-order valence-corrected chi connectivity index (χ2v) is 8.58. The highest BCUT2D eigenvalue weighted by atomic mass is 16.2. The second kappa shape index (κ2) is 8.61. The van der Waals surface area contributed by atoms with Gasteiger partial charge >= 0.3 is 0 Å². The van der Waals surface area contributed by atoms with Gasteiger partial charge in [0.25, 0.3) is 0 Å². The van der Waals surface area contributed by atoms with Gasteiger partial charge in [0.1, 0.15) is 12.7 Å². The third kappa shape index (κ3) is 4.15. The molecule has 0 radical (unpaired) electrons. The molecular weight excluding hydrogens is 420 g/mol. The van der Waals surface area contributed by atoms with Gasteiger partial charge in [0.05, 0.1) is 5.92 Å². The van der Waals surface area contributed by atoms with Gasteiger partial charge in [0.2, 0.25) is 11.8 Å². The van der Waals surface area contributed by atoms with Crippen LogP contribution in [0, 0.1) is 19.8 Å². The van der Waals surface area contributed by atoms with Gasteiger partial charge in [-0.2, -0.15) is 5.10 Å². The Balaban J connectivity index is 1.18. The predicted octanol–water partition coefficient (Wildman–Crippen LogP) is 1.38. The van der Waals surface area contributed by atoms with E-state index in [1.165, 1.54) is 11.9 Å². The molecule has 0 N–H and O–H groups in total. The van der Waals surface area contributed by atoms with E-state index < -0.39 is 0 Å². The Labute approximate surface area is 191 Å². The number of piperazine rings is 1. The Morgan fingerprint density at radius 3 is 2.39 bits per heavy atom. The zero-order valence-corrected chi connectivity index (χ0v) is 18.8. The summed E-state index contributed by atoms with van der Waals surface area (Å²) in [7, 11) is 0. The standard InChI is InChI=1S/C23H26N8O2/c1-16-3-4-19(11-17(16)2)30-13-18(12-22(30)32)23(33)29-9-7-28(8-10-29)20-5-6-21(27-26-20)31-15-24-14-25-31/h3-6,11,14-15,18H,7-10,12-13H2,1-2H3/t18-/m0/s1. The third-order valence-electron chi connectivity index (χ3n) is 6.48. The number of aryl methyl sites for hydroxylation is 2. The Hall–Kier alpha value is -3.82. The van der Waals surface area contributed by atoms with Crippen LogP contribution in [0.5, 0.6) is 0 Å². The van der Waals surface area contributed by atoms with E-state index in [9.17, 15) is 9.59 Å². The fraction of sp³-hybridized carbons (Fsp3) is 0.391. The lowest BCUT2D eigenvalue weighted by atomic mass is 10.1. The number of carbonyl (C=O) groups is 2. The van der Waals surface area contributed by atoms with E-state index in [2.05, 4.69) is 25.2 Å². The van der Waals surface area contributed by atoms with E-state index in [0.717, 1.165) is 17.1 Å². The first-order valence-electron chi connectivity index (χ1n) is 11.1.